The molecule has 1 nitrogen and oxygen atoms in total. The predicted octanol–water partition coefficient (Wildman–Crippen LogP) is 3.51. The first kappa shape index (κ1) is 13.5. The van der Waals surface area contributed by atoms with Gasteiger partial charge in [0.2, 0.25) is 0 Å². The standard InChI is InChI=1S/C14H24OSi/c1-11-12(8-10-16(4,5)6)14(2,3)9-7-13(11)15/h11-12H,7,9H2,1-6H3. The van der Waals surface area contributed by atoms with Crippen LogP contribution in [0.5, 0.6) is 0 Å². The molecule has 0 bridgehead atoms. The highest BCUT2D eigenvalue weighted by atomic mass is 28.3. The third-order valence-corrected chi connectivity index (χ3v) is 4.36. The first-order valence-electron chi connectivity index (χ1n) is 6.19. The van der Waals surface area contributed by atoms with Gasteiger partial charge in [0.25, 0.3) is 0 Å². The molecule has 0 saturated heterocycles. The van der Waals surface area contributed by atoms with Gasteiger partial charge in [0.15, 0.2) is 0 Å². The van der Waals surface area contributed by atoms with E-state index in [1.165, 1.54) is 0 Å². The maximum Gasteiger partial charge on any atom is 0.136 e. The van der Waals surface area contributed by atoms with Gasteiger partial charge in [-0.1, -0.05) is 40.4 Å². The van der Waals surface area contributed by atoms with E-state index in [0.29, 0.717) is 5.78 Å². The number of hydrogen-bond donors (Lipinski definition) is 0. The number of Topliss-reactive ketones (excluding diaryl/α,β-unsaturated/α-hetero) is 1. The summed E-state index contributed by atoms with van der Waals surface area (Å²) >= 11 is 0. The molecule has 2 heteroatoms. The third-order valence-electron chi connectivity index (χ3n) is 3.47. The average molecular weight is 236 g/mol. The summed E-state index contributed by atoms with van der Waals surface area (Å²) in [5, 5.41) is 0. The highest BCUT2D eigenvalue weighted by molar-refractivity contribution is 6.83. The Morgan fingerprint density at radius 1 is 1.31 bits per heavy atom. The first-order chi connectivity index (χ1) is 7.13. The van der Waals surface area contributed by atoms with E-state index in [2.05, 4.69) is 45.0 Å². The molecule has 2 unspecified atom stereocenters. The zero-order chi connectivity index (χ0) is 12.6. The maximum atomic E-state index is 11.8. The molecule has 0 radical (unpaired) electrons. The van der Waals surface area contributed by atoms with Crippen LogP contribution in [0, 0.1) is 28.7 Å². The Hall–Kier alpha value is -0.553. The van der Waals surface area contributed by atoms with Crippen molar-refractivity contribution in [1.82, 2.24) is 0 Å². The summed E-state index contributed by atoms with van der Waals surface area (Å²) in [6.45, 7) is 13.3. The Labute approximate surface area is 101 Å². The van der Waals surface area contributed by atoms with Crippen LogP contribution in [0.2, 0.25) is 19.6 Å². The molecule has 0 heterocycles. The van der Waals surface area contributed by atoms with Gasteiger partial charge in [-0.2, -0.15) is 0 Å². The Bertz CT molecular complexity index is 338. The highest BCUT2D eigenvalue weighted by Crippen LogP contribution is 2.41. The Balaban J connectivity index is 2.96. The van der Waals surface area contributed by atoms with Gasteiger partial charge in [-0.15, -0.1) is 11.5 Å². The molecular formula is C14H24OSi. The lowest BCUT2D eigenvalue weighted by atomic mass is 9.64. The largest absolute Gasteiger partial charge is 0.299 e. The summed E-state index contributed by atoms with van der Waals surface area (Å²) in [6, 6.07) is 0. The van der Waals surface area contributed by atoms with Crippen molar-refractivity contribution < 1.29 is 4.79 Å². The van der Waals surface area contributed by atoms with E-state index in [4.69, 9.17) is 0 Å². The molecule has 1 fully saturated rings. The smallest absolute Gasteiger partial charge is 0.136 e. The topological polar surface area (TPSA) is 17.1 Å². The van der Waals surface area contributed by atoms with Gasteiger partial charge >= 0.3 is 0 Å². The molecule has 1 saturated carbocycles. The van der Waals surface area contributed by atoms with Crippen molar-refractivity contribution in [2.75, 3.05) is 0 Å². The van der Waals surface area contributed by atoms with E-state index in [0.717, 1.165) is 12.8 Å². The van der Waals surface area contributed by atoms with Crippen LogP contribution in [0.3, 0.4) is 0 Å². The van der Waals surface area contributed by atoms with Crippen LogP contribution in [0.15, 0.2) is 0 Å². The fourth-order valence-electron chi connectivity index (χ4n) is 2.31. The summed E-state index contributed by atoms with van der Waals surface area (Å²) in [4.78, 5) is 11.8. The van der Waals surface area contributed by atoms with Crippen molar-refractivity contribution >= 4 is 13.9 Å². The highest BCUT2D eigenvalue weighted by Gasteiger charge is 2.40. The van der Waals surface area contributed by atoms with Gasteiger partial charge in [0.1, 0.15) is 13.9 Å². The molecule has 0 spiro atoms. The van der Waals surface area contributed by atoms with Crippen LogP contribution in [-0.4, -0.2) is 13.9 Å². The van der Waals surface area contributed by atoms with Gasteiger partial charge in [-0.25, -0.2) is 0 Å². The van der Waals surface area contributed by atoms with E-state index in [-0.39, 0.29) is 17.3 Å². The molecule has 0 N–H and O–H groups in total. The molecule has 0 amide bonds. The molecule has 1 aliphatic rings. The van der Waals surface area contributed by atoms with Crippen LogP contribution in [0.4, 0.5) is 0 Å². The Morgan fingerprint density at radius 2 is 1.88 bits per heavy atom. The zero-order valence-electron chi connectivity index (χ0n) is 11.5. The van der Waals surface area contributed by atoms with Crippen LogP contribution in [0.1, 0.15) is 33.6 Å². The average Bonchev–Trinajstić information content (AvgIpc) is 2.10. The number of carbonyl (C=O) groups is 1. The summed E-state index contributed by atoms with van der Waals surface area (Å²) in [5.74, 6) is 4.19. The molecule has 0 aromatic heterocycles. The number of hydrogen-bond acceptors (Lipinski definition) is 1. The van der Waals surface area contributed by atoms with E-state index in [9.17, 15) is 4.79 Å². The van der Waals surface area contributed by atoms with E-state index >= 15 is 0 Å². The van der Waals surface area contributed by atoms with Crippen molar-refractivity contribution in [2.45, 2.75) is 53.3 Å². The molecule has 2 atom stereocenters. The van der Waals surface area contributed by atoms with Gasteiger partial charge in [-0.05, 0) is 11.8 Å². The summed E-state index contributed by atoms with van der Waals surface area (Å²) < 4.78 is 0. The molecule has 0 aromatic rings. The molecule has 0 aromatic carbocycles. The Kier molecular flexibility index (Phi) is 3.69. The SMILES string of the molecule is CC1C(=O)CCC(C)(C)C1C#C[Si](C)(C)C. The quantitative estimate of drug-likeness (QED) is 0.465. The predicted molar refractivity (Wildman–Crippen MR) is 71.8 cm³/mol. The normalized spacial score (nSPS) is 29.5. The fraction of sp³-hybridized carbons (Fsp3) is 0.786. The lowest BCUT2D eigenvalue weighted by molar-refractivity contribution is -0.128. The molecule has 1 aliphatic carbocycles. The van der Waals surface area contributed by atoms with Crippen molar-refractivity contribution in [3.63, 3.8) is 0 Å². The van der Waals surface area contributed by atoms with Crippen LogP contribution in [-0.2, 0) is 4.79 Å². The lowest BCUT2D eigenvalue weighted by Gasteiger charge is -2.39. The fourth-order valence-corrected chi connectivity index (χ4v) is 2.89. The van der Waals surface area contributed by atoms with Gasteiger partial charge in [0.05, 0.1) is 0 Å². The maximum absolute atomic E-state index is 11.8. The van der Waals surface area contributed by atoms with Crippen LogP contribution < -0.4 is 0 Å². The zero-order valence-corrected chi connectivity index (χ0v) is 12.5. The second kappa shape index (κ2) is 4.37. The van der Waals surface area contributed by atoms with Crippen molar-refractivity contribution in [3.05, 3.63) is 0 Å². The van der Waals surface area contributed by atoms with E-state index < -0.39 is 8.07 Å². The monoisotopic (exact) mass is 236 g/mol. The molecule has 1 rings (SSSR count). The molecule has 16 heavy (non-hydrogen) atoms. The van der Waals surface area contributed by atoms with Gasteiger partial charge in [0, 0.05) is 18.3 Å². The first-order valence-corrected chi connectivity index (χ1v) is 9.69. The van der Waals surface area contributed by atoms with Crippen molar-refractivity contribution in [3.8, 4) is 11.5 Å². The minimum absolute atomic E-state index is 0.118. The third kappa shape index (κ3) is 3.22. The molecule has 0 aliphatic heterocycles. The minimum atomic E-state index is -1.33. The second-order valence-electron chi connectivity index (χ2n) is 6.74. The van der Waals surface area contributed by atoms with E-state index in [1.54, 1.807) is 0 Å². The molecule has 90 valence electrons. The van der Waals surface area contributed by atoms with Crippen LogP contribution >= 0.6 is 0 Å². The van der Waals surface area contributed by atoms with Gasteiger partial charge in [-0.3, -0.25) is 4.79 Å². The number of ketones is 1. The second-order valence-corrected chi connectivity index (χ2v) is 11.5. The minimum Gasteiger partial charge on any atom is -0.299 e. The van der Waals surface area contributed by atoms with Crippen molar-refractivity contribution in [1.29, 1.82) is 0 Å². The van der Waals surface area contributed by atoms with Crippen molar-refractivity contribution in [2.24, 2.45) is 17.3 Å². The van der Waals surface area contributed by atoms with Gasteiger partial charge < -0.3 is 0 Å². The summed E-state index contributed by atoms with van der Waals surface area (Å²) in [7, 11) is -1.33. The Morgan fingerprint density at radius 3 is 2.38 bits per heavy atom. The number of rotatable bonds is 0. The van der Waals surface area contributed by atoms with E-state index in [1.807, 2.05) is 6.92 Å². The number of carbonyl (C=O) groups excluding carboxylic acids is 1. The van der Waals surface area contributed by atoms with Crippen LogP contribution in [0.25, 0.3) is 0 Å². The lowest BCUT2D eigenvalue weighted by Crippen LogP contribution is -2.38. The summed E-state index contributed by atoms with van der Waals surface area (Å²) in [6.07, 6.45) is 1.72. The summed E-state index contributed by atoms with van der Waals surface area (Å²) in [5.41, 5.74) is 3.63. The molecular weight excluding hydrogens is 212 g/mol.